The smallest absolute Gasteiger partial charge is 0.303 e. The summed E-state index contributed by atoms with van der Waals surface area (Å²) in [6.45, 7) is 2.37. The second-order valence-electron chi connectivity index (χ2n) is 7.68. The van der Waals surface area contributed by atoms with Crippen LogP contribution < -0.4 is 5.32 Å². The van der Waals surface area contributed by atoms with Crippen LogP contribution in [-0.2, 0) is 20.9 Å². The Morgan fingerprint density at radius 2 is 2.04 bits per heavy atom. The molecule has 0 bridgehead atoms. The van der Waals surface area contributed by atoms with Crippen molar-refractivity contribution in [3.05, 3.63) is 29.6 Å². The SMILES string of the molecule is Cc1ccc2nc(CN(C)C(=O)CC[C@@]3(CCC(=O)O)CCC(=O)N3)[nH]c2c1. The van der Waals surface area contributed by atoms with Gasteiger partial charge in [0.1, 0.15) is 5.82 Å². The normalized spacial score (nSPS) is 19.0. The van der Waals surface area contributed by atoms with E-state index in [2.05, 4.69) is 15.3 Å². The van der Waals surface area contributed by atoms with Crippen molar-refractivity contribution in [3.8, 4) is 0 Å². The van der Waals surface area contributed by atoms with Crippen molar-refractivity contribution in [1.82, 2.24) is 20.2 Å². The minimum absolute atomic E-state index is 0.0251. The Bertz CT molecular complexity index is 907. The van der Waals surface area contributed by atoms with Gasteiger partial charge in [-0.2, -0.15) is 0 Å². The first-order chi connectivity index (χ1) is 13.3. The van der Waals surface area contributed by atoms with Crippen LogP contribution in [0.25, 0.3) is 11.0 Å². The summed E-state index contributed by atoms with van der Waals surface area (Å²) < 4.78 is 0. The molecule has 8 heteroatoms. The number of H-pyrrole nitrogens is 1. The number of amides is 2. The second-order valence-corrected chi connectivity index (χ2v) is 7.68. The first kappa shape index (κ1) is 19.9. The summed E-state index contributed by atoms with van der Waals surface area (Å²) in [5.74, 6) is -0.327. The summed E-state index contributed by atoms with van der Waals surface area (Å²) >= 11 is 0. The molecule has 2 aromatic rings. The number of nitrogens with zero attached hydrogens (tertiary/aromatic N) is 2. The van der Waals surface area contributed by atoms with Crippen molar-refractivity contribution >= 4 is 28.8 Å². The molecular weight excluding hydrogens is 360 g/mol. The van der Waals surface area contributed by atoms with Crippen molar-refractivity contribution in [2.75, 3.05) is 7.05 Å². The summed E-state index contributed by atoms with van der Waals surface area (Å²) in [7, 11) is 1.72. The van der Waals surface area contributed by atoms with Crippen LogP contribution in [0.3, 0.4) is 0 Å². The molecule has 1 aliphatic heterocycles. The number of benzene rings is 1. The van der Waals surface area contributed by atoms with Crippen LogP contribution in [0.15, 0.2) is 18.2 Å². The zero-order valence-electron chi connectivity index (χ0n) is 16.2. The fourth-order valence-electron chi connectivity index (χ4n) is 3.72. The van der Waals surface area contributed by atoms with Gasteiger partial charge < -0.3 is 20.3 Å². The molecule has 0 aliphatic carbocycles. The van der Waals surface area contributed by atoms with Gasteiger partial charge in [-0.15, -0.1) is 0 Å². The van der Waals surface area contributed by atoms with Crippen LogP contribution in [0.5, 0.6) is 0 Å². The number of hydrogen-bond acceptors (Lipinski definition) is 4. The quantitative estimate of drug-likeness (QED) is 0.643. The number of carboxylic acid groups (broad SMARTS) is 1. The van der Waals surface area contributed by atoms with Gasteiger partial charge in [-0.1, -0.05) is 6.07 Å². The van der Waals surface area contributed by atoms with Crippen LogP contribution in [0.2, 0.25) is 0 Å². The Morgan fingerprint density at radius 3 is 2.71 bits per heavy atom. The number of nitrogens with one attached hydrogen (secondary N) is 2. The number of aliphatic carboxylic acids is 1. The van der Waals surface area contributed by atoms with E-state index >= 15 is 0 Å². The lowest BCUT2D eigenvalue weighted by Crippen LogP contribution is -2.43. The van der Waals surface area contributed by atoms with Crippen LogP contribution in [0.4, 0.5) is 0 Å². The average molecular weight is 386 g/mol. The molecule has 1 fully saturated rings. The van der Waals surface area contributed by atoms with Crippen molar-refractivity contribution in [2.24, 2.45) is 0 Å². The maximum Gasteiger partial charge on any atom is 0.303 e. The Balaban J connectivity index is 1.59. The van der Waals surface area contributed by atoms with Crippen LogP contribution in [-0.4, -0.2) is 50.3 Å². The number of carbonyl (C=O) groups is 3. The number of fused-ring (bicyclic) bond motifs is 1. The fraction of sp³-hybridized carbons (Fsp3) is 0.500. The van der Waals surface area contributed by atoms with Gasteiger partial charge in [0.05, 0.1) is 17.6 Å². The number of carbonyl (C=O) groups excluding carboxylic acids is 2. The predicted molar refractivity (Wildman–Crippen MR) is 104 cm³/mol. The molecule has 0 spiro atoms. The number of carboxylic acids is 1. The molecule has 1 aliphatic rings. The third-order valence-electron chi connectivity index (χ3n) is 5.37. The minimum Gasteiger partial charge on any atom is -0.481 e. The molecule has 2 amide bonds. The van der Waals surface area contributed by atoms with E-state index in [1.165, 1.54) is 0 Å². The van der Waals surface area contributed by atoms with Crippen LogP contribution in [0.1, 0.15) is 49.9 Å². The molecule has 1 aromatic carbocycles. The highest BCUT2D eigenvalue weighted by molar-refractivity contribution is 5.80. The standard InChI is InChI=1S/C20H26N4O4/c1-13-3-4-14-15(11-13)22-16(21-14)12-24(2)18(26)6-9-20(10-7-19(27)28)8-5-17(25)23-20/h3-4,11H,5-10,12H2,1-2H3,(H,21,22)(H,23,25)(H,27,28)/t20-/m1/s1. The lowest BCUT2D eigenvalue weighted by molar-refractivity contribution is -0.137. The molecule has 3 N–H and O–H groups in total. The fourth-order valence-corrected chi connectivity index (χ4v) is 3.72. The van der Waals surface area contributed by atoms with Gasteiger partial charge in [0.25, 0.3) is 0 Å². The third kappa shape index (κ3) is 4.68. The maximum atomic E-state index is 12.6. The van der Waals surface area contributed by atoms with Crippen molar-refractivity contribution in [2.45, 2.75) is 57.5 Å². The number of aromatic amines is 1. The number of aromatic nitrogens is 2. The highest BCUT2D eigenvalue weighted by atomic mass is 16.4. The van der Waals surface area contributed by atoms with Crippen LogP contribution in [0, 0.1) is 6.92 Å². The van der Waals surface area contributed by atoms with E-state index in [0.717, 1.165) is 16.6 Å². The summed E-state index contributed by atoms with van der Waals surface area (Å²) in [6.07, 6.45) is 1.95. The first-order valence-electron chi connectivity index (χ1n) is 9.48. The molecule has 8 nitrogen and oxygen atoms in total. The molecule has 0 radical (unpaired) electrons. The minimum atomic E-state index is -0.899. The van der Waals surface area contributed by atoms with Gasteiger partial charge in [-0.05, 0) is 43.9 Å². The van der Waals surface area contributed by atoms with Gasteiger partial charge in [0.2, 0.25) is 11.8 Å². The van der Waals surface area contributed by atoms with Gasteiger partial charge in [0, 0.05) is 31.8 Å². The number of aryl methyl sites for hydroxylation is 1. The number of rotatable bonds is 8. The van der Waals surface area contributed by atoms with E-state index < -0.39 is 11.5 Å². The zero-order chi connectivity index (χ0) is 20.3. The molecule has 0 unspecified atom stereocenters. The Labute approximate surface area is 163 Å². The van der Waals surface area contributed by atoms with Gasteiger partial charge in [-0.3, -0.25) is 14.4 Å². The predicted octanol–water partition coefficient (Wildman–Crippen LogP) is 2.12. The summed E-state index contributed by atoms with van der Waals surface area (Å²) in [5.41, 5.74) is 2.35. The van der Waals surface area contributed by atoms with E-state index in [1.54, 1.807) is 11.9 Å². The molecule has 1 saturated heterocycles. The van der Waals surface area contributed by atoms with Gasteiger partial charge in [-0.25, -0.2) is 4.98 Å². The Morgan fingerprint density at radius 1 is 1.29 bits per heavy atom. The average Bonchev–Trinajstić information content (AvgIpc) is 3.20. The largest absolute Gasteiger partial charge is 0.481 e. The molecule has 150 valence electrons. The van der Waals surface area contributed by atoms with E-state index in [-0.39, 0.29) is 24.7 Å². The van der Waals surface area contributed by atoms with E-state index in [1.807, 2.05) is 25.1 Å². The Kier molecular flexibility index (Phi) is 5.67. The van der Waals surface area contributed by atoms with E-state index in [9.17, 15) is 14.4 Å². The topological polar surface area (TPSA) is 115 Å². The van der Waals surface area contributed by atoms with Gasteiger partial charge >= 0.3 is 5.97 Å². The summed E-state index contributed by atoms with van der Waals surface area (Å²) in [5, 5.41) is 11.9. The van der Waals surface area contributed by atoms with E-state index in [0.29, 0.717) is 38.1 Å². The molecule has 3 rings (SSSR count). The zero-order valence-corrected chi connectivity index (χ0v) is 16.2. The van der Waals surface area contributed by atoms with Crippen molar-refractivity contribution in [1.29, 1.82) is 0 Å². The molecule has 0 saturated carbocycles. The molecule has 1 aromatic heterocycles. The summed E-state index contributed by atoms with van der Waals surface area (Å²) in [6, 6.07) is 5.96. The molecule has 1 atom stereocenters. The maximum absolute atomic E-state index is 12.6. The monoisotopic (exact) mass is 386 g/mol. The van der Waals surface area contributed by atoms with E-state index in [4.69, 9.17) is 5.11 Å². The molecular formula is C20H26N4O4. The molecule has 28 heavy (non-hydrogen) atoms. The lowest BCUT2D eigenvalue weighted by Gasteiger charge is -2.29. The third-order valence-corrected chi connectivity index (χ3v) is 5.37. The number of hydrogen-bond donors (Lipinski definition) is 3. The van der Waals surface area contributed by atoms with Gasteiger partial charge in [0.15, 0.2) is 0 Å². The highest BCUT2D eigenvalue weighted by Crippen LogP contribution is 2.30. The molecule has 2 heterocycles. The Hall–Kier alpha value is -2.90. The van der Waals surface area contributed by atoms with Crippen LogP contribution >= 0.6 is 0 Å². The second kappa shape index (κ2) is 8.00. The first-order valence-corrected chi connectivity index (χ1v) is 9.48. The van der Waals surface area contributed by atoms with Crippen molar-refractivity contribution in [3.63, 3.8) is 0 Å². The summed E-state index contributed by atoms with van der Waals surface area (Å²) in [4.78, 5) is 44.5. The van der Waals surface area contributed by atoms with Crippen molar-refractivity contribution < 1.29 is 19.5 Å². The number of imidazole rings is 1. The highest BCUT2D eigenvalue weighted by Gasteiger charge is 2.38. The lowest BCUT2D eigenvalue weighted by atomic mass is 9.86.